The Labute approximate surface area is 170 Å². The van der Waals surface area contributed by atoms with Crippen molar-refractivity contribution in [1.29, 1.82) is 0 Å². The number of hydrogen-bond donors (Lipinski definition) is 2. The Hall–Kier alpha value is -3.15. The molecule has 152 valence electrons. The maximum atomic E-state index is 12.3. The predicted molar refractivity (Wildman–Crippen MR) is 110 cm³/mol. The number of carbonyl (C=O) groups excluding carboxylic acids is 3. The van der Waals surface area contributed by atoms with Crippen LogP contribution in [-0.4, -0.2) is 24.2 Å². The molecule has 0 spiro atoms. The molecule has 6 nitrogen and oxygen atoms in total. The van der Waals surface area contributed by atoms with Gasteiger partial charge in [0, 0.05) is 18.4 Å². The van der Waals surface area contributed by atoms with Gasteiger partial charge in [-0.1, -0.05) is 18.2 Å². The lowest BCUT2D eigenvalue weighted by Crippen LogP contribution is -2.43. The average Bonchev–Trinajstić information content (AvgIpc) is 3.16. The van der Waals surface area contributed by atoms with Crippen molar-refractivity contribution in [3.8, 4) is 5.75 Å². The Morgan fingerprint density at radius 1 is 0.862 bits per heavy atom. The molecule has 0 saturated carbocycles. The van der Waals surface area contributed by atoms with Gasteiger partial charge in [0.2, 0.25) is 5.91 Å². The topological polar surface area (TPSA) is 84.5 Å². The van der Waals surface area contributed by atoms with Gasteiger partial charge < -0.3 is 4.74 Å². The van der Waals surface area contributed by atoms with Gasteiger partial charge in [-0.2, -0.15) is 0 Å². The van der Waals surface area contributed by atoms with Gasteiger partial charge in [0.25, 0.3) is 5.91 Å². The van der Waals surface area contributed by atoms with Crippen molar-refractivity contribution in [1.82, 2.24) is 10.9 Å². The summed E-state index contributed by atoms with van der Waals surface area (Å²) in [7, 11) is 0. The molecule has 0 atom stereocenters. The third kappa shape index (κ3) is 5.91. The molecular weight excluding hydrogens is 368 g/mol. The monoisotopic (exact) mass is 394 g/mol. The van der Waals surface area contributed by atoms with Crippen LogP contribution in [0.15, 0.2) is 36.4 Å². The van der Waals surface area contributed by atoms with Crippen LogP contribution in [0.5, 0.6) is 5.75 Å². The molecule has 0 saturated heterocycles. The van der Waals surface area contributed by atoms with Crippen molar-refractivity contribution in [3.05, 3.63) is 64.2 Å². The Morgan fingerprint density at radius 3 is 2.31 bits per heavy atom. The number of benzene rings is 2. The van der Waals surface area contributed by atoms with Gasteiger partial charge in [0.05, 0.1) is 0 Å². The number of amides is 2. The van der Waals surface area contributed by atoms with Crippen LogP contribution in [0.3, 0.4) is 0 Å². The Balaban J connectivity index is 1.38. The minimum Gasteiger partial charge on any atom is -0.484 e. The zero-order chi connectivity index (χ0) is 20.8. The quantitative estimate of drug-likeness (QED) is 0.559. The van der Waals surface area contributed by atoms with E-state index in [9.17, 15) is 14.4 Å². The number of Topliss-reactive ketones (excluding diaryl/α,β-unsaturated/α-hetero) is 1. The molecule has 2 amide bonds. The van der Waals surface area contributed by atoms with Gasteiger partial charge in [-0.15, -0.1) is 0 Å². The number of ether oxygens (including phenoxy) is 1. The summed E-state index contributed by atoms with van der Waals surface area (Å²) >= 11 is 0. The summed E-state index contributed by atoms with van der Waals surface area (Å²) in [6.45, 7) is 3.69. The lowest BCUT2D eigenvalue weighted by atomic mass is 10.0. The molecule has 29 heavy (non-hydrogen) atoms. The molecule has 0 heterocycles. The summed E-state index contributed by atoms with van der Waals surface area (Å²) in [5.74, 6) is -0.357. The SMILES string of the molecule is Cc1cc(C)cc(OCC(=O)NNC(=O)CCC(=O)c2ccc3c(c2)CCC3)c1. The van der Waals surface area contributed by atoms with Crippen molar-refractivity contribution in [2.75, 3.05) is 6.61 Å². The highest BCUT2D eigenvalue weighted by molar-refractivity contribution is 5.98. The van der Waals surface area contributed by atoms with Crippen molar-refractivity contribution >= 4 is 17.6 Å². The summed E-state index contributed by atoms with van der Waals surface area (Å²) in [6.07, 6.45) is 3.31. The first-order valence-electron chi connectivity index (χ1n) is 9.84. The second-order valence-electron chi connectivity index (χ2n) is 7.47. The second-order valence-corrected chi connectivity index (χ2v) is 7.47. The minimum atomic E-state index is -0.470. The van der Waals surface area contributed by atoms with Crippen LogP contribution >= 0.6 is 0 Å². The molecule has 1 aliphatic rings. The molecule has 0 unspecified atom stereocenters. The number of nitrogens with one attached hydrogen (secondary N) is 2. The van der Waals surface area contributed by atoms with Crippen molar-refractivity contribution in [3.63, 3.8) is 0 Å². The Kier molecular flexibility index (Phi) is 6.65. The van der Waals surface area contributed by atoms with E-state index < -0.39 is 11.8 Å². The summed E-state index contributed by atoms with van der Waals surface area (Å²) in [5, 5.41) is 0. The number of fused-ring (bicyclic) bond motifs is 1. The molecule has 0 fully saturated rings. The molecular formula is C23H26N2O4. The van der Waals surface area contributed by atoms with Gasteiger partial charge in [-0.3, -0.25) is 25.2 Å². The van der Waals surface area contributed by atoms with Gasteiger partial charge >= 0.3 is 0 Å². The van der Waals surface area contributed by atoms with Crippen LogP contribution in [0.4, 0.5) is 0 Å². The van der Waals surface area contributed by atoms with E-state index in [2.05, 4.69) is 10.9 Å². The van der Waals surface area contributed by atoms with Crippen molar-refractivity contribution in [2.45, 2.75) is 46.0 Å². The van der Waals surface area contributed by atoms with Crippen LogP contribution < -0.4 is 15.6 Å². The smallest absolute Gasteiger partial charge is 0.276 e. The molecule has 6 heteroatoms. The first-order chi connectivity index (χ1) is 13.9. The summed E-state index contributed by atoms with van der Waals surface area (Å²) in [5.41, 5.74) is 9.90. The molecule has 0 bridgehead atoms. The van der Waals surface area contributed by atoms with E-state index in [1.165, 1.54) is 11.1 Å². The molecule has 0 aliphatic heterocycles. The standard InChI is InChI=1S/C23H26N2O4/c1-15-10-16(2)12-20(11-15)29-14-23(28)25-24-22(27)9-8-21(26)19-7-6-17-4-3-5-18(17)13-19/h6-7,10-13H,3-5,8-9,14H2,1-2H3,(H,24,27)(H,25,28). The molecule has 3 rings (SSSR count). The third-order valence-corrected chi connectivity index (χ3v) is 4.91. The Morgan fingerprint density at radius 2 is 1.55 bits per heavy atom. The molecule has 2 aromatic rings. The fourth-order valence-corrected chi connectivity index (χ4v) is 3.52. The summed E-state index contributed by atoms with van der Waals surface area (Å²) in [4.78, 5) is 36.1. The van der Waals surface area contributed by atoms with Gasteiger partial charge in [-0.05, 0) is 73.6 Å². The summed E-state index contributed by atoms with van der Waals surface area (Å²) < 4.78 is 5.44. The highest BCUT2D eigenvalue weighted by Gasteiger charge is 2.15. The maximum absolute atomic E-state index is 12.3. The van der Waals surface area contributed by atoms with Crippen LogP contribution in [0.1, 0.15) is 51.9 Å². The van der Waals surface area contributed by atoms with E-state index in [0.29, 0.717) is 11.3 Å². The number of carbonyl (C=O) groups is 3. The third-order valence-electron chi connectivity index (χ3n) is 4.91. The fraction of sp³-hybridized carbons (Fsp3) is 0.348. The largest absolute Gasteiger partial charge is 0.484 e. The van der Waals surface area contributed by atoms with E-state index >= 15 is 0 Å². The zero-order valence-electron chi connectivity index (χ0n) is 16.8. The van der Waals surface area contributed by atoms with Gasteiger partial charge in [0.15, 0.2) is 12.4 Å². The van der Waals surface area contributed by atoms with E-state index in [-0.39, 0.29) is 25.2 Å². The molecule has 1 aliphatic carbocycles. The number of hydrazine groups is 1. The van der Waals surface area contributed by atoms with Crippen LogP contribution in [0.25, 0.3) is 0 Å². The first-order valence-corrected chi connectivity index (χ1v) is 9.84. The van der Waals surface area contributed by atoms with Crippen LogP contribution in [0.2, 0.25) is 0 Å². The predicted octanol–water partition coefficient (Wildman–Crippen LogP) is 2.98. The van der Waals surface area contributed by atoms with Crippen LogP contribution in [0, 0.1) is 13.8 Å². The number of hydrogen-bond acceptors (Lipinski definition) is 4. The second kappa shape index (κ2) is 9.37. The minimum absolute atomic E-state index is 0.00807. The van der Waals surface area contributed by atoms with Gasteiger partial charge in [-0.25, -0.2) is 0 Å². The average molecular weight is 394 g/mol. The number of rotatable bonds is 7. The lowest BCUT2D eigenvalue weighted by Gasteiger charge is -2.10. The summed E-state index contributed by atoms with van der Waals surface area (Å²) in [6, 6.07) is 11.5. The molecule has 2 N–H and O–H groups in total. The van der Waals surface area contributed by atoms with Crippen LogP contribution in [-0.2, 0) is 22.4 Å². The van der Waals surface area contributed by atoms with E-state index in [4.69, 9.17) is 4.74 Å². The number of aryl methyl sites for hydroxylation is 4. The van der Waals surface area contributed by atoms with E-state index in [1.807, 2.05) is 50.2 Å². The highest BCUT2D eigenvalue weighted by atomic mass is 16.5. The Bertz CT molecular complexity index is 916. The maximum Gasteiger partial charge on any atom is 0.276 e. The highest BCUT2D eigenvalue weighted by Crippen LogP contribution is 2.23. The zero-order valence-corrected chi connectivity index (χ0v) is 16.8. The normalized spacial score (nSPS) is 12.2. The van der Waals surface area contributed by atoms with E-state index in [0.717, 1.165) is 30.4 Å². The molecule has 2 aromatic carbocycles. The molecule has 0 radical (unpaired) electrons. The van der Waals surface area contributed by atoms with Crippen molar-refractivity contribution < 1.29 is 19.1 Å². The van der Waals surface area contributed by atoms with E-state index in [1.54, 1.807) is 0 Å². The molecule has 0 aromatic heterocycles. The lowest BCUT2D eigenvalue weighted by molar-refractivity contribution is -0.130. The fourth-order valence-electron chi connectivity index (χ4n) is 3.52. The first kappa shape index (κ1) is 20.6. The van der Waals surface area contributed by atoms with Gasteiger partial charge in [0.1, 0.15) is 5.75 Å². The van der Waals surface area contributed by atoms with Crippen molar-refractivity contribution in [2.24, 2.45) is 0 Å². The number of ketones is 1.